The van der Waals surface area contributed by atoms with Crippen molar-refractivity contribution in [1.82, 2.24) is 15.2 Å². The van der Waals surface area contributed by atoms with E-state index in [4.69, 9.17) is 5.11 Å². The molecule has 0 atom stereocenters. The van der Waals surface area contributed by atoms with E-state index in [-0.39, 0.29) is 5.75 Å². The van der Waals surface area contributed by atoms with Gasteiger partial charge < -0.3 is 10.0 Å². The number of carbonyl (C=O) groups is 1. The third-order valence-electron chi connectivity index (χ3n) is 2.17. The van der Waals surface area contributed by atoms with Gasteiger partial charge in [-0.2, -0.15) is 0 Å². The van der Waals surface area contributed by atoms with Gasteiger partial charge in [-0.15, -0.1) is 10.2 Å². The third kappa shape index (κ3) is 4.18. The zero-order chi connectivity index (χ0) is 13.7. The van der Waals surface area contributed by atoms with Crippen LogP contribution in [0.2, 0.25) is 0 Å². The van der Waals surface area contributed by atoms with E-state index < -0.39 is 5.97 Å². The maximum atomic E-state index is 10.5. The Labute approximate surface area is 118 Å². The SMILES string of the molecule is CN(Cc1ccccn1)c1nnc(SCC(=O)O)s1. The van der Waals surface area contributed by atoms with Crippen molar-refractivity contribution in [2.45, 2.75) is 10.9 Å². The monoisotopic (exact) mass is 296 g/mol. The van der Waals surface area contributed by atoms with Crippen molar-refractivity contribution in [3.63, 3.8) is 0 Å². The fourth-order valence-electron chi connectivity index (χ4n) is 1.34. The van der Waals surface area contributed by atoms with Crippen LogP contribution in [0.15, 0.2) is 28.7 Å². The number of pyridine rings is 1. The zero-order valence-corrected chi connectivity index (χ0v) is 11.8. The molecule has 0 aliphatic rings. The van der Waals surface area contributed by atoms with Crippen LogP contribution in [0.4, 0.5) is 5.13 Å². The Morgan fingerprint density at radius 3 is 3.00 bits per heavy atom. The Morgan fingerprint density at radius 1 is 1.47 bits per heavy atom. The predicted octanol–water partition coefficient (Wildman–Crippen LogP) is 1.75. The topological polar surface area (TPSA) is 79.2 Å². The van der Waals surface area contributed by atoms with Gasteiger partial charge in [-0.25, -0.2) is 0 Å². The number of hydrogen-bond acceptors (Lipinski definition) is 7. The van der Waals surface area contributed by atoms with Crippen molar-refractivity contribution in [2.24, 2.45) is 0 Å². The molecule has 8 heteroatoms. The first-order valence-corrected chi connectivity index (χ1v) is 7.24. The number of aromatic nitrogens is 3. The highest BCUT2D eigenvalue weighted by atomic mass is 32.2. The van der Waals surface area contributed by atoms with Crippen LogP contribution in [0, 0.1) is 0 Å². The van der Waals surface area contributed by atoms with Crippen LogP contribution in [-0.2, 0) is 11.3 Å². The Balaban J connectivity index is 1.96. The van der Waals surface area contributed by atoms with Gasteiger partial charge in [0.1, 0.15) is 0 Å². The van der Waals surface area contributed by atoms with Gasteiger partial charge in [-0.05, 0) is 12.1 Å². The third-order valence-corrected chi connectivity index (χ3v) is 4.32. The highest BCUT2D eigenvalue weighted by molar-refractivity contribution is 8.01. The lowest BCUT2D eigenvalue weighted by molar-refractivity contribution is -0.133. The minimum absolute atomic E-state index is 0.00140. The Hall–Kier alpha value is -1.67. The van der Waals surface area contributed by atoms with Crippen LogP contribution in [0.1, 0.15) is 5.69 Å². The van der Waals surface area contributed by atoms with Gasteiger partial charge >= 0.3 is 5.97 Å². The van der Waals surface area contributed by atoms with Gasteiger partial charge in [-0.1, -0.05) is 29.2 Å². The number of hydrogen-bond donors (Lipinski definition) is 1. The van der Waals surface area contributed by atoms with Crippen LogP contribution in [0.25, 0.3) is 0 Å². The molecule has 0 saturated carbocycles. The molecule has 0 saturated heterocycles. The van der Waals surface area contributed by atoms with Crippen molar-refractivity contribution in [3.05, 3.63) is 30.1 Å². The highest BCUT2D eigenvalue weighted by Crippen LogP contribution is 2.27. The summed E-state index contributed by atoms with van der Waals surface area (Å²) in [5, 5.41) is 17.4. The molecule has 0 aromatic carbocycles. The van der Waals surface area contributed by atoms with E-state index >= 15 is 0 Å². The van der Waals surface area contributed by atoms with Crippen LogP contribution in [0.3, 0.4) is 0 Å². The molecule has 6 nitrogen and oxygen atoms in total. The Bertz CT molecular complexity index is 547. The molecule has 0 aliphatic carbocycles. The van der Waals surface area contributed by atoms with E-state index in [1.165, 1.54) is 23.1 Å². The van der Waals surface area contributed by atoms with E-state index in [1.807, 2.05) is 30.1 Å². The van der Waals surface area contributed by atoms with E-state index in [0.29, 0.717) is 10.9 Å². The Kier molecular flexibility index (Phi) is 4.69. The number of thioether (sulfide) groups is 1. The number of carboxylic acids is 1. The molecule has 0 unspecified atom stereocenters. The van der Waals surface area contributed by atoms with Gasteiger partial charge in [0.2, 0.25) is 5.13 Å². The molecule has 2 rings (SSSR count). The molecular formula is C11H12N4O2S2. The quantitative estimate of drug-likeness (QED) is 0.813. The van der Waals surface area contributed by atoms with Crippen molar-refractivity contribution >= 4 is 34.2 Å². The zero-order valence-electron chi connectivity index (χ0n) is 10.2. The maximum Gasteiger partial charge on any atom is 0.313 e. The molecule has 19 heavy (non-hydrogen) atoms. The molecule has 2 heterocycles. The summed E-state index contributed by atoms with van der Waals surface area (Å²) in [6, 6.07) is 5.75. The van der Waals surface area contributed by atoms with Gasteiger partial charge in [0.15, 0.2) is 4.34 Å². The molecule has 0 fully saturated rings. The van der Waals surface area contributed by atoms with Crippen molar-refractivity contribution in [2.75, 3.05) is 17.7 Å². The fourth-order valence-corrected chi connectivity index (χ4v) is 2.86. The van der Waals surface area contributed by atoms with Gasteiger partial charge in [0, 0.05) is 13.2 Å². The summed E-state index contributed by atoms with van der Waals surface area (Å²) in [6.07, 6.45) is 1.75. The second-order valence-electron chi connectivity index (χ2n) is 3.71. The second kappa shape index (κ2) is 6.48. The lowest BCUT2D eigenvalue weighted by Gasteiger charge is -2.13. The van der Waals surface area contributed by atoms with Crippen LogP contribution in [-0.4, -0.2) is 39.1 Å². The minimum atomic E-state index is -0.858. The summed E-state index contributed by atoms with van der Waals surface area (Å²) in [5.41, 5.74) is 0.944. The second-order valence-corrected chi connectivity index (χ2v) is 5.89. The number of rotatable bonds is 6. The van der Waals surface area contributed by atoms with Gasteiger partial charge in [0.25, 0.3) is 0 Å². The summed E-state index contributed by atoms with van der Waals surface area (Å²) in [6.45, 7) is 0.638. The van der Waals surface area contributed by atoms with Crippen molar-refractivity contribution < 1.29 is 9.90 Å². The van der Waals surface area contributed by atoms with E-state index in [0.717, 1.165) is 10.8 Å². The molecule has 0 radical (unpaired) electrons. The molecule has 0 spiro atoms. The van der Waals surface area contributed by atoms with Crippen LogP contribution < -0.4 is 4.90 Å². The minimum Gasteiger partial charge on any atom is -0.481 e. The van der Waals surface area contributed by atoms with Gasteiger partial charge in [-0.3, -0.25) is 9.78 Å². The number of anilines is 1. The largest absolute Gasteiger partial charge is 0.481 e. The summed E-state index contributed by atoms with van der Waals surface area (Å²) in [4.78, 5) is 16.6. The average molecular weight is 296 g/mol. The summed E-state index contributed by atoms with van der Waals surface area (Å²) in [7, 11) is 1.90. The Morgan fingerprint density at radius 2 is 2.32 bits per heavy atom. The maximum absolute atomic E-state index is 10.5. The smallest absolute Gasteiger partial charge is 0.313 e. The molecule has 0 aliphatic heterocycles. The number of nitrogens with zero attached hydrogens (tertiary/aromatic N) is 4. The van der Waals surface area contributed by atoms with E-state index in [2.05, 4.69) is 15.2 Å². The molecule has 1 N–H and O–H groups in total. The first-order chi connectivity index (χ1) is 9.15. The fraction of sp³-hybridized carbons (Fsp3) is 0.273. The standard InChI is InChI=1S/C11H12N4O2S2/c1-15(6-8-4-2-3-5-12-8)10-13-14-11(19-10)18-7-9(16)17/h2-5H,6-7H2,1H3,(H,16,17). The summed E-state index contributed by atoms with van der Waals surface area (Å²) >= 11 is 2.55. The molecule has 2 aromatic rings. The molecule has 100 valence electrons. The predicted molar refractivity (Wildman–Crippen MR) is 74.6 cm³/mol. The normalized spacial score (nSPS) is 10.4. The lowest BCUT2D eigenvalue weighted by Crippen LogP contribution is -2.16. The van der Waals surface area contributed by atoms with Crippen molar-refractivity contribution in [3.8, 4) is 0 Å². The van der Waals surface area contributed by atoms with Crippen LogP contribution >= 0.6 is 23.1 Å². The molecular weight excluding hydrogens is 284 g/mol. The number of aliphatic carboxylic acids is 1. The number of carboxylic acid groups (broad SMARTS) is 1. The van der Waals surface area contributed by atoms with Crippen LogP contribution in [0.5, 0.6) is 0 Å². The summed E-state index contributed by atoms with van der Waals surface area (Å²) < 4.78 is 0.658. The van der Waals surface area contributed by atoms with E-state index in [9.17, 15) is 4.79 Å². The first kappa shape index (κ1) is 13.8. The highest BCUT2D eigenvalue weighted by Gasteiger charge is 2.11. The molecule has 0 amide bonds. The summed E-state index contributed by atoms with van der Waals surface area (Å²) in [5.74, 6) is -0.859. The lowest BCUT2D eigenvalue weighted by atomic mass is 10.3. The first-order valence-electron chi connectivity index (χ1n) is 5.44. The van der Waals surface area contributed by atoms with Gasteiger partial charge in [0.05, 0.1) is 18.0 Å². The average Bonchev–Trinajstić information content (AvgIpc) is 2.86. The van der Waals surface area contributed by atoms with Crippen molar-refractivity contribution in [1.29, 1.82) is 0 Å². The molecule has 2 aromatic heterocycles. The van der Waals surface area contributed by atoms with E-state index in [1.54, 1.807) is 6.20 Å². The molecule has 0 bridgehead atoms.